The van der Waals surface area contributed by atoms with Gasteiger partial charge in [0.15, 0.2) is 11.6 Å². The number of benzene rings is 1. The Hall–Kier alpha value is -1.03. The Morgan fingerprint density at radius 2 is 1.69 bits per heavy atom. The van der Waals surface area contributed by atoms with Crippen LogP contribution in [0.5, 0.6) is 0 Å². The van der Waals surface area contributed by atoms with Crippen LogP contribution in [-0.4, -0.2) is 6.54 Å². The number of aryl methyl sites for hydroxylation is 1. The number of halogens is 3. The van der Waals surface area contributed by atoms with E-state index in [2.05, 4.69) is 0 Å². The molecule has 1 fully saturated rings. The van der Waals surface area contributed by atoms with Gasteiger partial charge in [-0.05, 0) is 49.3 Å². The van der Waals surface area contributed by atoms with E-state index in [1.54, 1.807) is 0 Å². The number of nitrogens with two attached hydrogens (primary N) is 1. The molecule has 0 spiro atoms. The van der Waals surface area contributed by atoms with Crippen LogP contribution in [0.4, 0.5) is 13.2 Å². The molecule has 0 aromatic heterocycles. The maximum Gasteiger partial charge on any atom is 0.161 e. The molecule has 16 heavy (non-hydrogen) atoms. The van der Waals surface area contributed by atoms with Crippen LogP contribution in [0.15, 0.2) is 12.1 Å². The van der Waals surface area contributed by atoms with Gasteiger partial charge in [0.05, 0.1) is 0 Å². The maximum absolute atomic E-state index is 13.3. The zero-order chi connectivity index (χ0) is 11.8. The zero-order valence-electron chi connectivity index (χ0n) is 8.90. The van der Waals surface area contributed by atoms with Gasteiger partial charge in [-0.15, -0.1) is 0 Å². The Balaban J connectivity index is 2.07. The van der Waals surface area contributed by atoms with Crippen molar-refractivity contribution in [3.05, 3.63) is 35.1 Å². The average molecular weight is 229 g/mol. The second-order valence-electron chi connectivity index (χ2n) is 4.56. The lowest BCUT2D eigenvalue weighted by atomic mass is 9.96. The van der Waals surface area contributed by atoms with Crippen molar-refractivity contribution in [2.24, 2.45) is 11.1 Å². The lowest BCUT2D eigenvalue weighted by molar-refractivity contribution is 0.460. The summed E-state index contributed by atoms with van der Waals surface area (Å²) in [6.45, 7) is 0.582. The first-order valence-corrected chi connectivity index (χ1v) is 5.40. The van der Waals surface area contributed by atoms with Gasteiger partial charge in [0.1, 0.15) is 5.82 Å². The fourth-order valence-electron chi connectivity index (χ4n) is 1.89. The second kappa shape index (κ2) is 4.09. The molecule has 1 aliphatic carbocycles. The molecule has 88 valence electrons. The van der Waals surface area contributed by atoms with Crippen LogP contribution < -0.4 is 5.73 Å². The molecule has 0 bridgehead atoms. The van der Waals surface area contributed by atoms with Crippen molar-refractivity contribution in [3.8, 4) is 0 Å². The Morgan fingerprint density at radius 1 is 1.06 bits per heavy atom. The van der Waals surface area contributed by atoms with Gasteiger partial charge >= 0.3 is 0 Å². The minimum absolute atomic E-state index is 0.122. The lowest BCUT2D eigenvalue weighted by Gasteiger charge is -2.12. The minimum Gasteiger partial charge on any atom is -0.330 e. The van der Waals surface area contributed by atoms with Gasteiger partial charge in [-0.2, -0.15) is 0 Å². The molecule has 2 rings (SSSR count). The Kier molecular flexibility index (Phi) is 2.93. The van der Waals surface area contributed by atoms with E-state index < -0.39 is 17.5 Å². The fraction of sp³-hybridized carbons (Fsp3) is 0.500. The summed E-state index contributed by atoms with van der Waals surface area (Å²) in [6.07, 6.45) is 3.26. The van der Waals surface area contributed by atoms with E-state index in [1.165, 1.54) is 0 Å². The van der Waals surface area contributed by atoms with E-state index >= 15 is 0 Å². The molecule has 1 aromatic carbocycles. The van der Waals surface area contributed by atoms with Crippen LogP contribution in [0, 0.1) is 22.9 Å². The van der Waals surface area contributed by atoms with Crippen LogP contribution in [0.3, 0.4) is 0 Å². The quantitative estimate of drug-likeness (QED) is 0.789. The first kappa shape index (κ1) is 11.5. The molecule has 0 amide bonds. The van der Waals surface area contributed by atoms with Crippen LogP contribution in [-0.2, 0) is 6.42 Å². The third kappa shape index (κ3) is 2.21. The highest BCUT2D eigenvalue weighted by Gasteiger charge is 2.40. The van der Waals surface area contributed by atoms with Gasteiger partial charge in [0.2, 0.25) is 0 Å². The molecule has 1 aliphatic rings. The first-order valence-electron chi connectivity index (χ1n) is 5.40. The molecule has 0 unspecified atom stereocenters. The highest BCUT2D eigenvalue weighted by molar-refractivity contribution is 5.20. The van der Waals surface area contributed by atoms with Crippen LogP contribution in [0.1, 0.15) is 24.8 Å². The summed E-state index contributed by atoms with van der Waals surface area (Å²) in [4.78, 5) is 0. The summed E-state index contributed by atoms with van der Waals surface area (Å²) in [5.74, 6) is -2.80. The Labute approximate surface area is 92.5 Å². The summed E-state index contributed by atoms with van der Waals surface area (Å²) >= 11 is 0. The van der Waals surface area contributed by atoms with Crippen molar-refractivity contribution in [1.82, 2.24) is 0 Å². The summed E-state index contributed by atoms with van der Waals surface area (Å²) in [5, 5.41) is 0. The van der Waals surface area contributed by atoms with Crippen LogP contribution in [0.25, 0.3) is 0 Å². The zero-order valence-corrected chi connectivity index (χ0v) is 8.90. The topological polar surface area (TPSA) is 26.0 Å². The van der Waals surface area contributed by atoms with E-state index in [1.807, 2.05) is 0 Å². The van der Waals surface area contributed by atoms with Crippen molar-refractivity contribution in [1.29, 1.82) is 0 Å². The number of hydrogen-bond donors (Lipinski definition) is 1. The maximum atomic E-state index is 13.3. The van der Waals surface area contributed by atoms with Gasteiger partial charge in [-0.1, -0.05) is 0 Å². The Bertz CT molecular complexity index is 399. The molecule has 1 saturated carbocycles. The molecule has 4 heteroatoms. The van der Waals surface area contributed by atoms with Crippen LogP contribution >= 0.6 is 0 Å². The first-order chi connectivity index (χ1) is 7.56. The molecule has 0 heterocycles. The van der Waals surface area contributed by atoms with Crippen molar-refractivity contribution >= 4 is 0 Å². The molecule has 1 nitrogen and oxygen atoms in total. The Morgan fingerprint density at radius 3 is 2.25 bits per heavy atom. The SMILES string of the molecule is NCC1(CCc2cc(F)c(F)cc2F)CC1. The van der Waals surface area contributed by atoms with E-state index in [0.29, 0.717) is 19.0 Å². The monoisotopic (exact) mass is 229 g/mol. The summed E-state index contributed by atoms with van der Waals surface area (Å²) in [6, 6.07) is 1.55. The van der Waals surface area contributed by atoms with E-state index in [0.717, 1.165) is 25.3 Å². The van der Waals surface area contributed by atoms with Gasteiger partial charge in [0.25, 0.3) is 0 Å². The van der Waals surface area contributed by atoms with Crippen LogP contribution in [0.2, 0.25) is 0 Å². The highest BCUT2D eigenvalue weighted by Crippen LogP contribution is 2.48. The third-order valence-corrected chi connectivity index (χ3v) is 3.40. The fourth-order valence-corrected chi connectivity index (χ4v) is 1.89. The molecular weight excluding hydrogens is 215 g/mol. The van der Waals surface area contributed by atoms with Crippen molar-refractivity contribution in [2.45, 2.75) is 25.7 Å². The predicted molar refractivity (Wildman–Crippen MR) is 55.4 cm³/mol. The smallest absolute Gasteiger partial charge is 0.161 e. The van der Waals surface area contributed by atoms with Crippen molar-refractivity contribution in [3.63, 3.8) is 0 Å². The molecule has 0 aliphatic heterocycles. The summed E-state index contributed by atoms with van der Waals surface area (Å²) in [7, 11) is 0. The molecule has 0 atom stereocenters. The normalized spacial score (nSPS) is 17.5. The molecule has 0 saturated heterocycles. The highest BCUT2D eigenvalue weighted by atomic mass is 19.2. The minimum atomic E-state index is -1.14. The lowest BCUT2D eigenvalue weighted by Crippen LogP contribution is -2.16. The molecular formula is C12H14F3N. The molecule has 0 radical (unpaired) electrons. The van der Waals surface area contributed by atoms with Gasteiger partial charge in [-0.25, -0.2) is 13.2 Å². The van der Waals surface area contributed by atoms with E-state index in [9.17, 15) is 13.2 Å². The van der Waals surface area contributed by atoms with E-state index in [-0.39, 0.29) is 11.0 Å². The van der Waals surface area contributed by atoms with Crippen molar-refractivity contribution in [2.75, 3.05) is 6.54 Å². The number of rotatable bonds is 4. The van der Waals surface area contributed by atoms with Gasteiger partial charge in [0, 0.05) is 6.07 Å². The largest absolute Gasteiger partial charge is 0.330 e. The van der Waals surface area contributed by atoms with Gasteiger partial charge in [-0.3, -0.25) is 0 Å². The predicted octanol–water partition coefficient (Wildman–Crippen LogP) is 2.78. The molecule has 2 N–H and O–H groups in total. The second-order valence-corrected chi connectivity index (χ2v) is 4.56. The van der Waals surface area contributed by atoms with E-state index in [4.69, 9.17) is 5.73 Å². The standard InChI is InChI=1S/C12H14F3N/c13-9-6-11(15)10(14)5-8(9)1-2-12(7-16)3-4-12/h5-6H,1-4,7,16H2. The van der Waals surface area contributed by atoms with Gasteiger partial charge < -0.3 is 5.73 Å². The summed E-state index contributed by atoms with van der Waals surface area (Å²) in [5.41, 5.74) is 5.95. The van der Waals surface area contributed by atoms with Crippen molar-refractivity contribution < 1.29 is 13.2 Å². The molecule has 1 aromatic rings. The number of hydrogen-bond acceptors (Lipinski definition) is 1. The average Bonchev–Trinajstić information content (AvgIpc) is 3.02. The summed E-state index contributed by atoms with van der Waals surface area (Å²) < 4.78 is 38.9. The third-order valence-electron chi connectivity index (χ3n) is 3.40.